The molecule has 6 heteroatoms. The van der Waals surface area contributed by atoms with Gasteiger partial charge in [0.05, 0.1) is 18.6 Å². The van der Waals surface area contributed by atoms with Gasteiger partial charge in [-0.2, -0.15) is 4.98 Å². The van der Waals surface area contributed by atoms with E-state index in [0.29, 0.717) is 11.9 Å². The van der Waals surface area contributed by atoms with Crippen molar-refractivity contribution in [3.8, 4) is 0 Å². The van der Waals surface area contributed by atoms with Gasteiger partial charge in [0.15, 0.2) is 5.82 Å². The van der Waals surface area contributed by atoms with Crippen molar-refractivity contribution < 1.29 is 13.7 Å². The Balaban J connectivity index is 1.56. The Morgan fingerprint density at radius 1 is 1.30 bits per heavy atom. The molecule has 6 nitrogen and oxygen atoms in total. The second-order valence-corrected chi connectivity index (χ2v) is 6.76. The highest BCUT2D eigenvalue weighted by Crippen LogP contribution is 2.36. The third-order valence-electron chi connectivity index (χ3n) is 5.08. The van der Waals surface area contributed by atoms with Crippen LogP contribution in [0.1, 0.15) is 47.6 Å². The van der Waals surface area contributed by atoms with Crippen LogP contribution in [-0.4, -0.2) is 40.3 Å². The molecule has 0 unspecified atom stereocenters. The molecule has 23 heavy (non-hydrogen) atoms. The molecule has 0 bridgehead atoms. The molecular formula is C17H23N3O3. The lowest BCUT2D eigenvalue weighted by Crippen LogP contribution is -2.48. The highest BCUT2D eigenvalue weighted by Gasteiger charge is 2.42. The van der Waals surface area contributed by atoms with Crippen LogP contribution in [-0.2, 0) is 11.3 Å². The minimum atomic E-state index is 0.229. The highest BCUT2D eigenvalue weighted by atomic mass is 16.5. The van der Waals surface area contributed by atoms with Gasteiger partial charge in [-0.3, -0.25) is 4.90 Å². The normalized spacial score (nSPS) is 28.2. The predicted molar refractivity (Wildman–Crippen MR) is 83.1 cm³/mol. The van der Waals surface area contributed by atoms with Gasteiger partial charge in [-0.05, 0) is 45.2 Å². The van der Waals surface area contributed by atoms with Crippen molar-refractivity contribution >= 4 is 0 Å². The van der Waals surface area contributed by atoms with Crippen LogP contribution < -0.4 is 0 Å². The summed E-state index contributed by atoms with van der Waals surface area (Å²) in [4.78, 5) is 6.89. The van der Waals surface area contributed by atoms with Crippen molar-refractivity contribution in [1.82, 2.24) is 15.0 Å². The molecule has 124 valence electrons. The van der Waals surface area contributed by atoms with Gasteiger partial charge in [0.2, 0.25) is 5.89 Å². The summed E-state index contributed by atoms with van der Waals surface area (Å²) in [6, 6.07) is 2.60. The van der Waals surface area contributed by atoms with Gasteiger partial charge in [-0.1, -0.05) is 5.16 Å². The number of nitrogens with zero attached hydrogens (tertiary/aromatic N) is 3. The smallest absolute Gasteiger partial charge is 0.231 e. The molecule has 0 aliphatic carbocycles. The molecule has 0 saturated carbocycles. The first kappa shape index (κ1) is 14.9. The molecule has 0 amide bonds. The monoisotopic (exact) mass is 317 g/mol. The molecule has 2 aliphatic heterocycles. The first-order valence-electron chi connectivity index (χ1n) is 8.32. The number of aryl methyl sites for hydroxylation is 3. The first-order chi connectivity index (χ1) is 11.1. The standard InChI is InChI=1S/C17H23N3O3/c1-10-6-14(22-11(10)2)9-20-8-13(17-18-12(3)19-23-17)7-16-15(20)4-5-21-16/h6,13,15-16H,4-5,7-9H2,1-3H3/t13-,15-,16-/m1/s1. The Morgan fingerprint density at radius 3 is 2.87 bits per heavy atom. The van der Waals surface area contributed by atoms with Crippen molar-refractivity contribution in [2.75, 3.05) is 13.2 Å². The Morgan fingerprint density at radius 2 is 2.17 bits per heavy atom. The summed E-state index contributed by atoms with van der Waals surface area (Å²) >= 11 is 0. The van der Waals surface area contributed by atoms with Gasteiger partial charge >= 0.3 is 0 Å². The first-order valence-corrected chi connectivity index (χ1v) is 8.32. The third kappa shape index (κ3) is 2.81. The van der Waals surface area contributed by atoms with Crippen molar-refractivity contribution in [3.63, 3.8) is 0 Å². The second kappa shape index (κ2) is 5.76. The van der Waals surface area contributed by atoms with E-state index >= 15 is 0 Å². The highest BCUT2D eigenvalue weighted by molar-refractivity contribution is 5.19. The second-order valence-electron chi connectivity index (χ2n) is 6.76. The molecule has 2 aromatic heterocycles. The maximum Gasteiger partial charge on any atom is 0.231 e. The number of rotatable bonds is 3. The zero-order valence-electron chi connectivity index (χ0n) is 13.9. The van der Waals surface area contributed by atoms with Crippen LogP contribution in [0.4, 0.5) is 0 Å². The van der Waals surface area contributed by atoms with E-state index in [0.717, 1.165) is 49.9 Å². The van der Waals surface area contributed by atoms with Gasteiger partial charge in [-0.15, -0.1) is 0 Å². The maximum atomic E-state index is 5.95. The Labute approximate surface area is 135 Å². The molecule has 2 fully saturated rings. The molecule has 2 saturated heterocycles. The Kier molecular flexibility index (Phi) is 3.73. The fourth-order valence-corrected chi connectivity index (χ4v) is 3.82. The number of piperidine rings is 1. The van der Waals surface area contributed by atoms with Gasteiger partial charge in [0.25, 0.3) is 0 Å². The summed E-state index contributed by atoms with van der Waals surface area (Å²) in [5, 5.41) is 3.94. The minimum Gasteiger partial charge on any atom is -0.465 e. The zero-order valence-corrected chi connectivity index (χ0v) is 13.9. The van der Waals surface area contributed by atoms with E-state index in [-0.39, 0.29) is 12.0 Å². The van der Waals surface area contributed by atoms with E-state index in [1.54, 1.807) is 0 Å². The lowest BCUT2D eigenvalue weighted by molar-refractivity contribution is 0.00597. The zero-order chi connectivity index (χ0) is 16.0. The fourth-order valence-electron chi connectivity index (χ4n) is 3.82. The van der Waals surface area contributed by atoms with Crippen LogP contribution >= 0.6 is 0 Å². The van der Waals surface area contributed by atoms with E-state index in [1.165, 1.54) is 5.56 Å². The number of fused-ring (bicyclic) bond motifs is 1. The average Bonchev–Trinajstić information content (AvgIpc) is 3.21. The SMILES string of the molecule is Cc1noc([C@@H]2C[C@H]3OCC[C@H]3N(Cc3cc(C)c(C)o3)C2)n1. The molecule has 2 aliphatic rings. The summed E-state index contributed by atoms with van der Waals surface area (Å²) in [5.74, 6) is 3.67. The lowest BCUT2D eigenvalue weighted by Gasteiger charge is -2.39. The fraction of sp³-hybridized carbons (Fsp3) is 0.647. The number of ether oxygens (including phenoxy) is 1. The molecule has 2 aromatic rings. The average molecular weight is 317 g/mol. The van der Waals surface area contributed by atoms with Gasteiger partial charge in [0.1, 0.15) is 11.5 Å². The summed E-state index contributed by atoms with van der Waals surface area (Å²) in [6.07, 6.45) is 2.29. The molecule has 0 spiro atoms. The molecule has 0 radical (unpaired) electrons. The van der Waals surface area contributed by atoms with Crippen molar-refractivity contribution in [2.45, 2.75) is 58.2 Å². The largest absolute Gasteiger partial charge is 0.465 e. The summed E-state index contributed by atoms with van der Waals surface area (Å²) in [5.41, 5.74) is 1.21. The molecule has 3 atom stereocenters. The molecule has 0 aromatic carbocycles. The van der Waals surface area contributed by atoms with E-state index in [4.69, 9.17) is 13.7 Å². The summed E-state index contributed by atoms with van der Waals surface area (Å²) in [6.45, 7) is 8.51. The van der Waals surface area contributed by atoms with Gasteiger partial charge < -0.3 is 13.7 Å². The van der Waals surface area contributed by atoms with Crippen molar-refractivity contribution in [2.24, 2.45) is 0 Å². The van der Waals surface area contributed by atoms with Crippen LogP contribution in [0.5, 0.6) is 0 Å². The Bertz CT molecular complexity index is 674. The number of likely N-dealkylation sites (tertiary alicyclic amines) is 1. The van der Waals surface area contributed by atoms with Gasteiger partial charge in [0, 0.05) is 19.2 Å². The molecule has 4 rings (SSSR count). The summed E-state index contributed by atoms with van der Waals surface area (Å²) in [7, 11) is 0. The van der Waals surface area contributed by atoms with E-state index < -0.39 is 0 Å². The third-order valence-corrected chi connectivity index (χ3v) is 5.08. The number of hydrogen-bond donors (Lipinski definition) is 0. The van der Waals surface area contributed by atoms with Gasteiger partial charge in [-0.25, -0.2) is 0 Å². The number of aromatic nitrogens is 2. The Hall–Kier alpha value is -1.66. The minimum absolute atomic E-state index is 0.229. The number of furan rings is 1. The van der Waals surface area contributed by atoms with Crippen LogP contribution in [0, 0.1) is 20.8 Å². The number of hydrogen-bond acceptors (Lipinski definition) is 6. The van der Waals surface area contributed by atoms with E-state index in [9.17, 15) is 0 Å². The van der Waals surface area contributed by atoms with Crippen LogP contribution in [0.25, 0.3) is 0 Å². The van der Waals surface area contributed by atoms with Crippen molar-refractivity contribution in [3.05, 3.63) is 34.9 Å². The molecule has 4 heterocycles. The quantitative estimate of drug-likeness (QED) is 0.867. The molecular weight excluding hydrogens is 294 g/mol. The summed E-state index contributed by atoms with van der Waals surface area (Å²) < 4.78 is 17.2. The maximum absolute atomic E-state index is 5.95. The molecule has 0 N–H and O–H groups in total. The lowest BCUT2D eigenvalue weighted by atomic mass is 9.90. The topological polar surface area (TPSA) is 64.5 Å². The predicted octanol–water partition coefficient (Wildman–Crippen LogP) is 2.73. The van der Waals surface area contributed by atoms with E-state index in [2.05, 4.69) is 28.0 Å². The van der Waals surface area contributed by atoms with Crippen LogP contribution in [0.15, 0.2) is 15.0 Å². The van der Waals surface area contributed by atoms with Crippen molar-refractivity contribution in [1.29, 1.82) is 0 Å². The van der Waals surface area contributed by atoms with Crippen LogP contribution in [0.2, 0.25) is 0 Å². The van der Waals surface area contributed by atoms with Crippen LogP contribution in [0.3, 0.4) is 0 Å². The van der Waals surface area contributed by atoms with E-state index in [1.807, 2.05) is 13.8 Å².